The van der Waals surface area contributed by atoms with Gasteiger partial charge >= 0.3 is 0 Å². The van der Waals surface area contributed by atoms with E-state index in [0.29, 0.717) is 6.61 Å². The van der Waals surface area contributed by atoms with Gasteiger partial charge in [-0.1, -0.05) is 12.8 Å². The summed E-state index contributed by atoms with van der Waals surface area (Å²) in [7, 11) is 0. The topological polar surface area (TPSA) is 58.6 Å². The van der Waals surface area contributed by atoms with Crippen LogP contribution in [0.3, 0.4) is 0 Å². The van der Waals surface area contributed by atoms with Gasteiger partial charge in [0.1, 0.15) is 0 Å². The van der Waals surface area contributed by atoms with E-state index in [9.17, 15) is 9.90 Å². The summed E-state index contributed by atoms with van der Waals surface area (Å²) in [5.41, 5.74) is -0.733. The van der Waals surface area contributed by atoms with Crippen LogP contribution in [0.25, 0.3) is 0 Å². The number of ether oxygens (including phenoxy) is 1. The van der Waals surface area contributed by atoms with Crippen molar-refractivity contribution in [1.82, 2.24) is 5.32 Å². The van der Waals surface area contributed by atoms with Gasteiger partial charge in [-0.05, 0) is 19.3 Å². The van der Waals surface area contributed by atoms with E-state index in [-0.39, 0.29) is 18.4 Å². The molecule has 0 aromatic rings. The minimum atomic E-state index is -0.733. The lowest BCUT2D eigenvalue weighted by molar-refractivity contribution is -0.126. The Morgan fingerprint density at radius 1 is 1.47 bits per heavy atom. The molecule has 0 radical (unpaired) electrons. The molecule has 1 aliphatic carbocycles. The van der Waals surface area contributed by atoms with E-state index in [1.165, 1.54) is 0 Å². The molecule has 4 heteroatoms. The zero-order valence-electron chi connectivity index (χ0n) is 9.00. The van der Waals surface area contributed by atoms with Crippen LogP contribution < -0.4 is 5.32 Å². The van der Waals surface area contributed by atoms with E-state index in [1.807, 2.05) is 0 Å². The van der Waals surface area contributed by atoms with Crippen LogP contribution in [0.5, 0.6) is 0 Å². The van der Waals surface area contributed by atoms with Gasteiger partial charge in [-0.25, -0.2) is 0 Å². The summed E-state index contributed by atoms with van der Waals surface area (Å²) >= 11 is 0. The third kappa shape index (κ3) is 2.92. The van der Waals surface area contributed by atoms with Crippen LogP contribution in [0.4, 0.5) is 0 Å². The van der Waals surface area contributed by atoms with Crippen molar-refractivity contribution in [2.24, 2.45) is 0 Å². The average molecular weight is 213 g/mol. The first kappa shape index (κ1) is 10.9. The molecule has 2 fully saturated rings. The first-order valence-electron chi connectivity index (χ1n) is 5.77. The molecule has 1 amide bonds. The molecule has 1 unspecified atom stereocenters. The summed E-state index contributed by atoms with van der Waals surface area (Å²) in [4.78, 5) is 11.6. The molecule has 2 N–H and O–H groups in total. The number of rotatable bonds is 3. The zero-order valence-corrected chi connectivity index (χ0v) is 9.00. The largest absolute Gasteiger partial charge is 0.389 e. The zero-order chi connectivity index (χ0) is 10.7. The fraction of sp³-hybridized carbons (Fsp3) is 0.909. The van der Waals surface area contributed by atoms with E-state index in [2.05, 4.69) is 5.32 Å². The summed E-state index contributed by atoms with van der Waals surface area (Å²) < 4.78 is 5.18. The fourth-order valence-electron chi connectivity index (χ4n) is 2.44. The van der Waals surface area contributed by atoms with Crippen molar-refractivity contribution in [3.8, 4) is 0 Å². The van der Waals surface area contributed by atoms with Crippen LogP contribution in [0.2, 0.25) is 0 Å². The normalized spacial score (nSPS) is 29.3. The molecule has 86 valence electrons. The molecular weight excluding hydrogens is 194 g/mol. The van der Waals surface area contributed by atoms with E-state index < -0.39 is 5.60 Å². The Balaban J connectivity index is 1.76. The Hall–Kier alpha value is -0.610. The molecule has 0 aromatic heterocycles. The molecule has 0 bridgehead atoms. The van der Waals surface area contributed by atoms with Gasteiger partial charge in [0.15, 0.2) is 0 Å². The minimum absolute atomic E-state index is 0.0325. The highest BCUT2D eigenvalue weighted by molar-refractivity contribution is 5.77. The Kier molecular flexibility index (Phi) is 3.26. The van der Waals surface area contributed by atoms with Crippen molar-refractivity contribution in [2.75, 3.05) is 13.2 Å². The predicted octanol–water partition coefficient (Wildman–Crippen LogP) is 0.587. The van der Waals surface area contributed by atoms with E-state index in [4.69, 9.17) is 4.74 Å². The molecule has 1 saturated carbocycles. The highest BCUT2D eigenvalue weighted by atomic mass is 16.5. The number of nitrogens with one attached hydrogen (secondary N) is 1. The monoisotopic (exact) mass is 213 g/mol. The van der Waals surface area contributed by atoms with Crippen LogP contribution in [-0.2, 0) is 9.53 Å². The Bertz CT molecular complexity index is 230. The molecule has 2 rings (SSSR count). The van der Waals surface area contributed by atoms with Crippen LogP contribution in [0.1, 0.15) is 38.5 Å². The molecule has 0 aromatic carbocycles. The Labute approximate surface area is 90.0 Å². The van der Waals surface area contributed by atoms with E-state index in [0.717, 1.165) is 38.7 Å². The summed E-state index contributed by atoms with van der Waals surface area (Å²) in [5.74, 6) is -0.0325. The highest BCUT2D eigenvalue weighted by Crippen LogP contribution is 2.32. The Morgan fingerprint density at radius 3 is 2.80 bits per heavy atom. The molecule has 1 heterocycles. The Morgan fingerprint density at radius 2 is 2.20 bits per heavy atom. The van der Waals surface area contributed by atoms with Crippen molar-refractivity contribution in [1.29, 1.82) is 0 Å². The quantitative estimate of drug-likeness (QED) is 0.721. The lowest BCUT2D eigenvalue weighted by atomic mass is 9.97. The second-order valence-corrected chi connectivity index (χ2v) is 4.74. The lowest BCUT2D eigenvalue weighted by Gasteiger charge is -2.22. The van der Waals surface area contributed by atoms with Gasteiger partial charge in [0, 0.05) is 6.61 Å². The molecule has 1 saturated heterocycles. The van der Waals surface area contributed by atoms with Gasteiger partial charge < -0.3 is 15.2 Å². The number of carbonyl (C=O) groups is 1. The van der Waals surface area contributed by atoms with Crippen molar-refractivity contribution >= 4 is 5.91 Å². The van der Waals surface area contributed by atoms with Crippen molar-refractivity contribution in [3.63, 3.8) is 0 Å². The van der Waals surface area contributed by atoms with Crippen LogP contribution in [0.15, 0.2) is 0 Å². The first-order valence-corrected chi connectivity index (χ1v) is 5.77. The molecular formula is C11H19NO3. The molecule has 1 aliphatic heterocycles. The lowest BCUT2D eigenvalue weighted by Crippen LogP contribution is -2.40. The SMILES string of the molecule is O=C(CC1(O)CCCC1)NC1CCOC1. The molecule has 15 heavy (non-hydrogen) atoms. The van der Waals surface area contributed by atoms with E-state index in [1.54, 1.807) is 0 Å². The predicted molar refractivity (Wildman–Crippen MR) is 55.4 cm³/mol. The average Bonchev–Trinajstić information content (AvgIpc) is 2.76. The third-order valence-corrected chi connectivity index (χ3v) is 3.32. The maximum Gasteiger partial charge on any atom is 0.223 e. The van der Waals surface area contributed by atoms with Gasteiger partial charge in [-0.3, -0.25) is 4.79 Å². The second-order valence-electron chi connectivity index (χ2n) is 4.74. The maximum atomic E-state index is 11.6. The third-order valence-electron chi connectivity index (χ3n) is 3.32. The summed E-state index contributed by atoms with van der Waals surface area (Å²) in [6, 6.07) is 0.155. The van der Waals surface area contributed by atoms with E-state index >= 15 is 0 Å². The van der Waals surface area contributed by atoms with Crippen LogP contribution >= 0.6 is 0 Å². The standard InChI is InChI=1S/C11H19NO3/c13-10(12-9-3-6-15-8-9)7-11(14)4-1-2-5-11/h9,14H,1-8H2,(H,12,13). The van der Waals surface area contributed by atoms with Crippen molar-refractivity contribution in [2.45, 2.75) is 50.2 Å². The van der Waals surface area contributed by atoms with Gasteiger partial charge in [0.05, 0.1) is 24.7 Å². The number of carbonyl (C=O) groups excluding carboxylic acids is 1. The van der Waals surface area contributed by atoms with Gasteiger partial charge in [0.2, 0.25) is 5.91 Å². The minimum Gasteiger partial charge on any atom is -0.389 e. The molecule has 1 atom stereocenters. The number of hydrogen-bond acceptors (Lipinski definition) is 3. The second kappa shape index (κ2) is 4.49. The van der Waals surface area contributed by atoms with Gasteiger partial charge in [-0.15, -0.1) is 0 Å². The smallest absolute Gasteiger partial charge is 0.223 e. The molecule has 4 nitrogen and oxygen atoms in total. The highest BCUT2D eigenvalue weighted by Gasteiger charge is 2.34. The van der Waals surface area contributed by atoms with Crippen LogP contribution in [-0.4, -0.2) is 35.9 Å². The van der Waals surface area contributed by atoms with Crippen molar-refractivity contribution < 1.29 is 14.6 Å². The molecule has 0 spiro atoms. The summed E-state index contributed by atoms with van der Waals surface area (Å²) in [5, 5.41) is 13.0. The van der Waals surface area contributed by atoms with Gasteiger partial charge in [0.25, 0.3) is 0 Å². The first-order chi connectivity index (χ1) is 7.18. The van der Waals surface area contributed by atoms with Gasteiger partial charge in [-0.2, -0.15) is 0 Å². The fourth-order valence-corrected chi connectivity index (χ4v) is 2.44. The number of amides is 1. The number of aliphatic hydroxyl groups is 1. The molecule has 2 aliphatic rings. The number of hydrogen-bond donors (Lipinski definition) is 2. The summed E-state index contributed by atoms with van der Waals surface area (Å²) in [6.07, 6.45) is 4.75. The van der Waals surface area contributed by atoms with Crippen LogP contribution in [0, 0.1) is 0 Å². The maximum absolute atomic E-state index is 11.6. The summed E-state index contributed by atoms with van der Waals surface area (Å²) in [6.45, 7) is 1.35. The van der Waals surface area contributed by atoms with Crippen molar-refractivity contribution in [3.05, 3.63) is 0 Å².